The number of aliphatic hydroxyl groups is 1. The van der Waals surface area contributed by atoms with Crippen LogP contribution in [0.4, 0.5) is 8.78 Å². The van der Waals surface area contributed by atoms with Crippen molar-refractivity contribution >= 4 is 0 Å². The molecule has 5 nitrogen and oxygen atoms in total. The summed E-state index contributed by atoms with van der Waals surface area (Å²) in [6, 6.07) is 3.52. The van der Waals surface area contributed by atoms with Gasteiger partial charge in [-0.1, -0.05) is 12.5 Å². The molecule has 2 atom stereocenters. The Bertz CT molecular complexity index is 635. The molecule has 0 amide bonds. The summed E-state index contributed by atoms with van der Waals surface area (Å²) in [5, 5.41) is 14.5. The van der Waals surface area contributed by atoms with Crippen LogP contribution < -0.4 is 0 Å². The number of hydrogen-bond acceptors (Lipinski definition) is 4. The number of hydrogen-bond donors (Lipinski definition) is 1. The molecule has 1 aliphatic heterocycles. The largest absolute Gasteiger partial charge is 0.387 e. The lowest BCUT2D eigenvalue weighted by Crippen LogP contribution is -2.44. The normalized spacial score (nSPS) is 20.6. The lowest BCUT2D eigenvalue weighted by molar-refractivity contribution is 0.0574. The van der Waals surface area contributed by atoms with Gasteiger partial charge in [-0.05, 0) is 25.5 Å². The Kier molecular flexibility index (Phi) is 4.97. The fraction of sp³-hybridized carbons (Fsp3) is 0.500. The molecule has 1 N–H and O–H groups in total. The Balaban J connectivity index is 1.68. The molecule has 23 heavy (non-hydrogen) atoms. The highest BCUT2D eigenvalue weighted by molar-refractivity contribution is 5.21. The second-order valence-electron chi connectivity index (χ2n) is 5.94. The second kappa shape index (κ2) is 7.14. The van der Waals surface area contributed by atoms with Crippen molar-refractivity contribution in [3.8, 4) is 0 Å². The quantitative estimate of drug-likeness (QED) is 0.916. The molecule has 1 saturated heterocycles. The zero-order valence-corrected chi connectivity index (χ0v) is 12.8. The van der Waals surface area contributed by atoms with E-state index in [0.717, 1.165) is 31.9 Å². The van der Waals surface area contributed by atoms with Crippen molar-refractivity contribution in [3.63, 3.8) is 0 Å². The number of β-amino-alcohol motifs (C(OH)–C–C–N with tert-alkyl or cyclic N) is 1. The van der Waals surface area contributed by atoms with Gasteiger partial charge in [-0.3, -0.25) is 9.58 Å². The molecule has 124 valence electrons. The van der Waals surface area contributed by atoms with E-state index in [9.17, 15) is 13.9 Å². The van der Waals surface area contributed by atoms with Gasteiger partial charge < -0.3 is 5.11 Å². The molecule has 7 heteroatoms. The maximum atomic E-state index is 13.8. The van der Waals surface area contributed by atoms with E-state index in [2.05, 4.69) is 15.0 Å². The fourth-order valence-corrected chi connectivity index (χ4v) is 3.14. The number of nitrogens with zero attached hydrogens (tertiary/aromatic N) is 4. The zero-order valence-electron chi connectivity index (χ0n) is 12.8. The van der Waals surface area contributed by atoms with Crippen molar-refractivity contribution in [1.82, 2.24) is 19.7 Å². The van der Waals surface area contributed by atoms with Gasteiger partial charge in [0.2, 0.25) is 0 Å². The van der Waals surface area contributed by atoms with Crippen LogP contribution in [0.3, 0.4) is 0 Å². The van der Waals surface area contributed by atoms with Crippen LogP contribution in [-0.2, 0) is 6.54 Å². The Morgan fingerprint density at radius 3 is 2.91 bits per heavy atom. The minimum atomic E-state index is -0.980. The second-order valence-corrected chi connectivity index (χ2v) is 5.94. The van der Waals surface area contributed by atoms with Crippen LogP contribution in [0.25, 0.3) is 0 Å². The van der Waals surface area contributed by atoms with Crippen LogP contribution in [0.1, 0.15) is 30.9 Å². The monoisotopic (exact) mass is 322 g/mol. The van der Waals surface area contributed by atoms with Crippen molar-refractivity contribution in [2.24, 2.45) is 0 Å². The highest BCUT2D eigenvalue weighted by Gasteiger charge is 2.26. The first-order chi connectivity index (χ1) is 11.1. The number of piperidine rings is 1. The molecule has 2 aromatic rings. The number of benzene rings is 1. The zero-order chi connectivity index (χ0) is 16.2. The molecule has 2 heterocycles. The molecular weight excluding hydrogens is 302 g/mol. The molecule has 0 unspecified atom stereocenters. The summed E-state index contributed by atoms with van der Waals surface area (Å²) in [5.41, 5.74) is 0.136. The highest BCUT2D eigenvalue weighted by Crippen LogP contribution is 2.24. The summed E-state index contributed by atoms with van der Waals surface area (Å²) in [5.74, 6) is -1.34. The molecule has 0 aliphatic carbocycles. The summed E-state index contributed by atoms with van der Waals surface area (Å²) in [7, 11) is 0. The van der Waals surface area contributed by atoms with Crippen molar-refractivity contribution < 1.29 is 13.9 Å². The summed E-state index contributed by atoms with van der Waals surface area (Å²) in [6.45, 7) is 1.86. The predicted octanol–water partition coefficient (Wildman–Crippen LogP) is 2.14. The van der Waals surface area contributed by atoms with Crippen LogP contribution >= 0.6 is 0 Å². The maximum Gasteiger partial charge on any atom is 0.137 e. The standard InChI is InChI=1S/C16H20F2N4O/c17-12-4-5-14(15(18)7-12)16(23)9-21-6-2-1-3-13(21)8-22-11-19-10-20-22/h4-5,7,10-11,13,16,23H,1-3,6,8-9H2/t13-,16-/m1/s1. The lowest BCUT2D eigenvalue weighted by Gasteiger charge is -2.36. The van der Waals surface area contributed by atoms with Crippen molar-refractivity contribution in [2.45, 2.75) is 38.0 Å². The summed E-state index contributed by atoms with van der Waals surface area (Å²) >= 11 is 0. The Labute approximate surface area is 133 Å². The van der Waals surface area contributed by atoms with E-state index in [1.165, 1.54) is 18.5 Å². The Morgan fingerprint density at radius 1 is 1.30 bits per heavy atom. The average molecular weight is 322 g/mol. The number of rotatable bonds is 5. The minimum Gasteiger partial charge on any atom is -0.387 e. The van der Waals surface area contributed by atoms with Gasteiger partial charge in [-0.25, -0.2) is 13.8 Å². The van der Waals surface area contributed by atoms with E-state index >= 15 is 0 Å². The van der Waals surface area contributed by atoms with Crippen LogP contribution in [-0.4, -0.2) is 43.9 Å². The van der Waals surface area contributed by atoms with Crippen molar-refractivity contribution in [3.05, 3.63) is 48.1 Å². The number of likely N-dealkylation sites (tertiary alicyclic amines) is 1. The van der Waals surface area contributed by atoms with Gasteiger partial charge in [0.15, 0.2) is 0 Å². The van der Waals surface area contributed by atoms with Crippen molar-refractivity contribution in [2.75, 3.05) is 13.1 Å². The van der Waals surface area contributed by atoms with E-state index in [-0.39, 0.29) is 11.6 Å². The smallest absolute Gasteiger partial charge is 0.137 e. The van der Waals surface area contributed by atoms with Crippen LogP contribution in [0.2, 0.25) is 0 Å². The van der Waals surface area contributed by atoms with E-state index in [4.69, 9.17) is 0 Å². The molecule has 1 fully saturated rings. The summed E-state index contributed by atoms with van der Waals surface area (Å²) in [4.78, 5) is 6.09. The predicted molar refractivity (Wildman–Crippen MR) is 80.6 cm³/mol. The third-order valence-electron chi connectivity index (χ3n) is 4.34. The SMILES string of the molecule is O[C@H](CN1CCCC[C@@H]1Cn1cncn1)c1ccc(F)cc1F. The number of halogens is 2. The van der Waals surface area contributed by atoms with Gasteiger partial charge in [-0.15, -0.1) is 0 Å². The van der Waals surface area contributed by atoms with Crippen LogP contribution in [0.15, 0.2) is 30.9 Å². The van der Waals surface area contributed by atoms with E-state index in [1.807, 2.05) is 0 Å². The molecule has 1 aromatic carbocycles. The first kappa shape index (κ1) is 16.0. The number of aliphatic hydroxyl groups excluding tert-OH is 1. The molecule has 0 radical (unpaired) electrons. The molecule has 0 spiro atoms. The first-order valence-electron chi connectivity index (χ1n) is 7.83. The molecule has 0 bridgehead atoms. The van der Waals surface area contributed by atoms with Gasteiger partial charge in [0, 0.05) is 24.2 Å². The number of aromatic nitrogens is 3. The first-order valence-corrected chi connectivity index (χ1v) is 7.83. The van der Waals surface area contributed by atoms with Gasteiger partial charge in [-0.2, -0.15) is 5.10 Å². The van der Waals surface area contributed by atoms with E-state index in [0.29, 0.717) is 13.1 Å². The molecule has 1 aromatic heterocycles. The van der Waals surface area contributed by atoms with E-state index < -0.39 is 17.7 Å². The lowest BCUT2D eigenvalue weighted by atomic mass is 10.00. The topological polar surface area (TPSA) is 54.2 Å². The Morgan fingerprint density at radius 2 is 2.17 bits per heavy atom. The molecule has 1 aliphatic rings. The van der Waals surface area contributed by atoms with E-state index in [1.54, 1.807) is 11.0 Å². The van der Waals surface area contributed by atoms with Gasteiger partial charge in [0.25, 0.3) is 0 Å². The van der Waals surface area contributed by atoms with Gasteiger partial charge >= 0.3 is 0 Å². The van der Waals surface area contributed by atoms with Crippen LogP contribution in [0, 0.1) is 11.6 Å². The van der Waals surface area contributed by atoms with Gasteiger partial charge in [0.1, 0.15) is 24.3 Å². The fourth-order valence-electron chi connectivity index (χ4n) is 3.14. The third-order valence-corrected chi connectivity index (χ3v) is 4.34. The maximum absolute atomic E-state index is 13.8. The average Bonchev–Trinajstić information content (AvgIpc) is 3.02. The van der Waals surface area contributed by atoms with Gasteiger partial charge in [0.05, 0.1) is 12.6 Å². The highest BCUT2D eigenvalue weighted by atomic mass is 19.1. The molecule has 0 saturated carbocycles. The molecule has 3 rings (SSSR count). The minimum absolute atomic E-state index is 0.136. The van der Waals surface area contributed by atoms with Crippen LogP contribution in [0.5, 0.6) is 0 Å². The third kappa shape index (κ3) is 3.92. The summed E-state index contributed by atoms with van der Waals surface area (Å²) in [6.07, 6.45) is 5.35. The Hall–Kier alpha value is -1.86. The summed E-state index contributed by atoms with van der Waals surface area (Å²) < 4.78 is 28.6. The van der Waals surface area contributed by atoms with Crippen molar-refractivity contribution in [1.29, 1.82) is 0 Å². The molecular formula is C16H20F2N4O.